The van der Waals surface area contributed by atoms with Gasteiger partial charge >= 0.3 is 0 Å². The number of rotatable bonds is 3. The molecule has 0 aromatic carbocycles. The fourth-order valence-electron chi connectivity index (χ4n) is 0.783. The van der Waals surface area contributed by atoms with Gasteiger partial charge in [0, 0.05) is 20.0 Å². The van der Waals surface area contributed by atoms with Gasteiger partial charge in [0.2, 0.25) is 0 Å². The van der Waals surface area contributed by atoms with Crippen molar-refractivity contribution in [2.75, 3.05) is 13.6 Å². The summed E-state index contributed by atoms with van der Waals surface area (Å²) in [6, 6.07) is 0. The van der Waals surface area contributed by atoms with Crippen LogP contribution < -0.4 is 5.32 Å². The predicted octanol–water partition coefficient (Wildman–Crippen LogP) is -0.423. The van der Waals surface area contributed by atoms with Crippen LogP contribution in [0.1, 0.15) is 5.82 Å². The smallest absolute Gasteiger partial charge is 0.138 e. The van der Waals surface area contributed by atoms with Crippen LogP contribution in [-0.2, 0) is 13.5 Å². The Bertz CT molecular complexity index is 193. The van der Waals surface area contributed by atoms with E-state index in [-0.39, 0.29) is 0 Å². The lowest BCUT2D eigenvalue weighted by Crippen LogP contribution is -2.13. The molecule has 0 fully saturated rings. The molecular formula is C6H12N4. The van der Waals surface area contributed by atoms with Gasteiger partial charge in [-0.25, -0.2) is 4.98 Å². The molecule has 0 aliphatic heterocycles. The number of nitrogens with zero attached hydrogens (tertiary/aromatic N) is 3. The van der Waals surface area contributed by atoms with E-state index in [2.05, 4.69) is 15.4 Å². The lowest BCUT2D eigenvalue weighted by molar-refractivity contribution is 0.670. The average Bonchev–Trinajstić information content (AvgIpc) is 2.31. The lowest BCUT2D eigenvalue weighted by atomic mass is 10.4. The molecule has 56 valence electrons. The Balaban J connectivity index is 2.49. The maximum absolute atomic E-state index is 4.07. The van der Waals surface area contributed by atoms with E-state index in [0.717, 1.165) is 18.8 Å². The van der Waals surface area contributed by atoms with Crippen LogP contribution in [0.3, 0.4) is 0 Å². The van der Waals surface area contributed by atoms with Crippen LogP contribution >= 0.6 is 0 Å². The summed E-state index contributed by atoms with van der Waals surface area (Å²) in [6.07, 6.45) is 2.51. The van der Waals surface area contributed by atoms with Crippen molar-refractivity contribution in [2.24, 2.45) is 7.05 Å². The number of likely N-dealkylation sites (N-methyl/N-ethyl adjacent to an activating group) is 1. The minimum atomic E-state index is 0.938. The monoisotopic (exact) mass is 140 g/mol. The van der Waals surface area contributed by atoms with Gasteiger partial charge in [0.25, 0.3) is 0 Å². The zero-order valence-corrected chi connectivity index (χ0v) is 6.33. The van der Waals surface area contributed by atoms with Crippen molar-refractivity contribution in [3.05, 3.63) is 12.2 Å². The molecule has 0 bridgehead atoms. The summed E-state index contributed by atoms with van der Waals surface area (Å²) in [5, 5.41) is 7.00. The molecule has 1 rings (SSSR count). The highest BCUT2D eigenvalue weighted by Crippen LogP contribution is 1.89. The lowest BCUT2D eigenvalue weighted by Gasteiger charge is -1.97. The molecule has 1 aromatic rings. The van der Waals surface area contributed by atoms with Gasteiger partial charge in [-0.05, 0) is 7.05 Å². The van der Waals surface area contributed by atoms with E-state index < -0.39 is 0 Å². The number of aryl methyl sites for hydroxylation is 1. The van der Waals surface area contributed by atoms with E-state index in [1.54, 1.807) is 11.0 Å². The van der Waals surface area contributed by atoms with E-state index >= 15 is 0 Å². The molecule has 0 aliphatic carbocycles. The minimum absolute atomic E-state index is 0.938. The Morgan fingerprint density at radius 2 is 2.50 bits per heavy atom. The molecule has 1 N–H and O–H groups in total. The third-order valence-corrected chi connectivity index (χ3v) is 1.40. The second-order valence-electron chi connectivity index (χ2n) is 2.15. The molecule has 0 unspecified atom stereocenters. The average molecular weight is 140 g/mol. The Labute approximate surface area is 60.3 Å². The highest BCUT2D eigenvalue weighted by Gasteiger charge is 1.96. The van der Waals surface area contributed by atoms with E-state index in [1.807, 2.05) is 14.1 Å². The third kappa shape index (κ3) is 1.54. The van der Waals surface area contributed by atoms with Gasteiger partial charge in [-0.15, -0.1) is 0 Å². The van der Waals surface area contributed by atoms with Crippen LogP contribution in [0.25, 0.3) is 0 Å². The Morgan fingerprint density at radius 3 is 3.00 bits per heavy atom. The van der Waals surface area contributed by atoms with Crippen molar-refractivity contribution in [2.45, 2.75) is 6.42 Å². The van der Waals surface area contributed by atoms with Crippen molar-refractivity contribution in [3.8, 4) is 0 Å². The maximum atomic E-state index is 4.07. The molecule has 0 radical (unpaired) electrons. The number of aromatic nitrogens is 3. The van der Waals surface area contributed by atoms with Crippen LogP contribution in [0.15, 0.2) is 6.33 Å². The van der Waals surface area contributed by atoms with Gasteiger partial charge in [0.15, 0.2) is 0 Å². The van der Waals surface area contributed by atoms with Crippen molar-refractivity contribution in [1.82, 2.24) is 20.1 Å². The topological polar surface area (TPSA) is 42.7 Å². The summed E-state index contributed by atoms with van der Waals surface area (Å²) >= 11 is 0. The standard InChI is InChI=1S/C6H12N4/c1-7-4-3-6-8-5-9-10(6)2/h5,7H,3-4H2,1-2H3. The molecule has 4 nitrogen and oxygen atoms in total. The molecule has 0 spiro atoms. The molecule has 10 heavy (non-hydrogen) atoms. The Hall–Kier alpha value is -0.900. The fraction of sp³-hybridized carbons (Fsp3) is 0.667. The van der Waals surface area contributed by atoms with Crippen molar-refractivity contribution >= 4 is 0 Å². The first-order chi connectivity index (χ1) is 4.84. The van der Waals surface area contributed by atoms with E-state index in [0.29, 0.717) is 0 Å². The van der Waals surface area contributed by atoms with Gasteiger partial charge in [0.1, 0.15) is 12.2 Å². The molecular weight excluding hydrogens is 128 g/mol. The normalized spacial score (nSPS) is 10.2. The predicted molar refractivity (Wildman–Crippen MR) is 38.6 cm³/mol. The molecule has 0 aliphatic rings. The van der Waals surface area contributed by atoms with Crippen molar-refractivity contribution < 1.29 is 0 Å². The molecule has 0 saturated carbocycles. The number of hydrogen-bond donors (Lipinski definition) is 1. The van der Waals surface area contributed by atoms with Gasteiger partial charge in [-0.1, -0.05) is 0 Å². The highest BCUT2D eigenvalue weighted by molar-refractivity contribution is 4.83. The molecule has 1 heterocycles. The maximum Gasteiger partial charge on any atom is 0.138 e. The molecule has 0 atom stereocenters. The fourth-order valence-corrected chi connectivity index (χ4v) is 0.783. The second-order valence-corrected chi connectivity index (χ2v) is 2.15. The van der Waals surface area contributed by atoms with Gasteiger partial charge in [-0.3, -0.25) is 4.68 Å². The van der Waals surface area contributed by atoms with Crippen LogP contribution in [0, 0.1) is 0 Å². The van der Waals surface area contributed by atoms with E-state index in [9.17, 15) is 0 Å². The molecule has 0 amide bonds. The zero-order chi connectivity index (χ0) is 7.40. The quantitative estimate of drug-likeness (QED) is 0.620. The van der Waals surface area contributed by atoms with Gasteiger partial charge in [0.05, 0.1) is 0 Å². The number of nitrogens with one attached hydrogen (secondary N) is 1. The molecule has 0 saturated heterocycles. The van der Waals surface area contributed by atoms with Crippen LogP contribution in [0.4, 0.5) is 0 Å². The SMILES string of the molecule is CNCCc1ncnn1C. The largest absolute Gasteiger partial charge is 0.319 e. The first kappa shape index (κ1) is 7.21. The zero-order valence-electron chi connectivity index (χ0n) is 6.33. The van der Waals surface area contributed by atoms with Crippen LogP contribution in [-0.4, -0.2) is 28.4 Å². The van der Waals surface area contributed by atoms with Crippen LogP contribution in [0.5, 0.6) is 0 Å². The summed E-state index contributed by atoms with van der Waals surface area (Å²) in [4.78, 5) is 4.07. The van der Waals surface area contributed by atoms with Gasteiger partial charge in [-0.2, -0.15) is 5.10 Å². The second kappa shape index (κ2) is 3.31. The van der Waals surface area contributed by atoms with E-state index in [4.69, 9.17) is 0 Å². The Morgan fingerprint density at radius 1 is 1.70 bits per heavy atom. The summed E-state index contributed by atoms with van der Waals surface area (Å²) in [6.45, 7) is 0.951. The number of hydrogen-bond acceptors (Lipinski definition) is 3. The minimum Gasteiger partial charge on any atom is -0.319 e. The third-order valence-electron chi connectivity index (χ3n) is 1.40. The summed E-state index contributed by atoms with van der Waals surface area (Å²) in [5.74, 6) is 1.02. The first-order valence-electron chi connectivity index (χ1n) is 3.32. The van der Waals surface area contributed by atoms with Crippen molar-refractivity contribution in [3.63, 3.8) is 0 Å². The summed E-state index contributed by atoms with van der Waals surface area (Å²) in [7, 11) is 3.83. The summed E-state index contributed by atoms with van der Waals surface area (Å²) in [5.41, 5.74) is 0. The first-order valence-corrected chi connectivity index (χ1v) is 3.32. The van der Waals surface area contributed by atoms with Crippen LogP contribution in [0.2, 0.25) is 0 Å². The van der Waals surface area contributed by atoms with Gasteiger partial charge < -0.3 is 5.32 Å². The Kier molecular flexibility index (Phi) is 2.39. The highest BCUT2D eigenvalue weighted by atomic mass is 15.3. The summed E-state index contributed by atoms with van der Waals surface area (Å²) < 4.78 is 1.79. The molecule has 4 heteroatoms. The van der Waals surface area contributed by atoms with E-state index in [1.165, 1.54) is 0 Å². The molecule has 1 aromatic heterocycles. The van der Waals surface area contributed by atoms with Crippen molar-refractivity contribution in [1.29, 1.82) is 0 Å².